The van der Waals surface area contributed by atoms with Crippen molar-refractivity contribution in [3.8, 4) is 0 Å². The Hall–Kier alpha value is -2.91. The van der Waals surface area contributed by atoms with E-state index in [4.69, 9.17) is 0 Å². The summed E-state index contributed by atoms with van der Waals surface area (Å²) >= 11 is 0. The van der Waals surface area contributed by atoms with Crippen LogP contribution in [0.2, 0.25) is 0 Å². The van der Waals surface area contributed by atoms with Crippen LogP contribution in [0.25, 0.3) is 0 Å². The number of fused-ring (bicyclic) bond motifs is 1. The predicted molar refractivity (Wildman–Crippen MR) is 102 cm³/mol. The maximum atomic E-state index is 12.0. The molecule has 1 aliphatic carbocycles. The number of amides is 1. The van der Waals surface area contributed by atoms with Crippen LogP contribution < -0.4 is 5.32 Å². The minimum Gasteiger partial charge on any atom is -0.386 e. The van der Waals surface area contributed by atoms with Gasteiger partial charge in [0.25, 0.3) is 0 Å². The molecule has 26 heavy (non-hydrogen) atoms. The van der Waals surface area contributed by atoms with Crippen LogP contribution in [0.3, 0.4) is 0 Å². The third kappa shape index (κ3) is 2.36. The molecule has 0 saturated heterocycles. The highest BCUT2D eigenvalue weighted by atomic mass is 16.3. The van der Waals surface area contributed by atoms with Gasteiger partial charge in [-0.1, -0.05) is 84.9 Å². The Morgan fingerprint density at radius 2 is 1.35 bits per heavy atom. The molecule has 0 saturated carbocycles. The van der Waals surface area contributed by atoms with E-state index in [2.05, 4.69) is 35.6 Å². The fraction of sp³-hybridized carbons (Fsp3) is 0.174. The molecule has 0 fully saturated rings. The molecule has 4 rings (SSSR count). The summed E-state index contributed by atoms with van der Waals surface area (Å²) in [7, 11) is 0. The molecule has 3 heteroatoms. The highest BCUT2D eigenvalue weighted by Gasteiger charge is 2.54. The van der Waals surface area contributed by atoms with Gasteiger partial charge >= 0.3 is 0 Å². The molecular weight excluding hydrogens is 322 g/mol. The summed E-state index contributed by atoms with van der Waals surface area (Å²) in [5.74, 6) is -0.155. The fourth-order valence-electron chi connectivity index (χ4n) is 4.34. The molecule has 0 aromatic heterocycles. The van der Waals surface area contributed by atoms with Gasteiger partial charge in [-0.25, -0.2) is 0 Å². The Morgan fingerprint density at radius 3 is 1.88 bits per heavy atom. The number of benzene rings is 3. The number of aliphatic hydroxyl groups is 1. The van der Waals surface area contributed by atoms with E-state index in [1.165, 1.54) is 6.92 Å². The molecule has 3 aromatic carbocycles. The molecule has 2 N–H and O–H groups in total. The SMILES string of the molecule is CC(=O)NC1C(O)c2ccccc2C1(c1ccccc1)c1ccccc1. The number of rotatable bonds is 3. The molecule has 2 unspecified atom stereocenters. The Bertz CT molecular complexity index is 882. The van der Waals surface area contributed by atoms with Gasteiger partial charge in [-0.3, -0.25) is 4.79 Å². The number of aliphatic hydroxyl groups excluding tert-OH is 1. The van der Waals surface area contributed by atoms with Crippen molar-refractivity contribution in [2.45, 2.75) is 24.5 Å². The number of nitrogens with one attached hydrogen (secondary N) is 1. The first-order chi connectivity index (χ1) is 12.7. The summed E-state index contributed by atoms with van der Waals surface area (Å²) in [6.07, 6.45) is -0.782. The lowest BCUT2D eigenvalue weighted by molar-refractivity contribution is -0.120. The Balaban J connectivity index is 2.09. The lowest BCUT2D eigenvalue weighted by Crippen LogP contribution is -2.50. The Morgan fingerprint density at radius 1 is 0.846 bits per heavy atom. The second-order valence-corrected chi connectivity index (χ2v) is 6.75. The number of hydrogen-bond acceptors (Lipinski definition) is 2. The van der Waals surface area contributed by atoms with Crippen molar-refractivity contribution >= 4 is 5.91 Å². The summed E-state index contributed by atoms with van der Waals surface area (Å²) in [4.78, 5) is 12.0. The van der Waals surface area contributed by atoms with Gasteiger partial charge in [0.15, 0.2) is 0 Å². The van der Waals surface area contributed by atoms with E-state index >= 15 is 0 Å². The average molecular weight is 343 g/mol. The van der Waals surface area contributed by atoms with Crippen molar-refractivity contribution in [1.29, 1.82) is 0 Å². The van der Waals surface area contributed by atoms with E-state index in [0.717, 1.165) is 22.3 Å². The summed E-state index contributed by atoms with van der Waals surface area (Å²) in [5.41, 5.74) is 3.34. The second kappa shape index (κ2) is 6.43. The van der Waals surface area contributed by atoms with Gasteiger partial charge in [0.05, 0.1) is 11.5 Å². The summed E-state index contributed by atoms with van der Waals surface area (Å²) < 4.78 is 0. The number of hydrogen-bond donors (Lipinski definition) is 2. The highest BCUT2D eigenvalue weighted by Crippen LogP contribution is 2.53. The van der Waals surface area contributed by atoms with Gasteiger partial charge in [-0.2, -0.15) is 0 Å². The van der Waals surface area contributed by atoms with Gasteiger partial charge in [0.1, 0.15) is 6.10 Å². The van der Waals surface area contributed by atoms with Crippen LogP contribution in [0.1, 0.15) is 35.3 Å². The lowest BCUT2D eigenvalue weighted by atomic mass is 9.67. The Kier molecular flexibility index (Phi) is 4.09. The molecular formula is C23H21NO2. The van der Waals surface area contributed by atoms with Crippen LogP contribution >= 0.6 is 0 Å². The van der Waals surface area contributed by atoms with Crippen molar-refractivity contribution in [2.75, 3.05) is 0 Å². The number of carbonyl (C=O) groups excluding carboxylic acids is 1. The van der Waals surface area contributed by atoms with Crippen molar-refractivity contribution in [3.63, 3.8) is 0 Å². The molecule has 1 aliphatic rings. The van der Waals surface area contributed by atoms with Gasteiger partial charge in [-0.15, -0.1) is 0 Å². The van der Waals surface area contributed by atoms with Crippen molar-refractivity contribution in [3.05, 3.63) is 107 Å². The Labute approximate surface area is 153 Å². The first-order valence-electron chi connectivity index (χ1n) is 8.81. The van der Waals surface area contributed by atoms with Crippen molar-refractivity contribution in [1.82, 2.24) is 5.32 Å². The monoisotopic (exact) mass is 343 g/mol. The van der Waals surface area contributed by atoms with E-state index in [-0.39, 0.29) is 5.91 Å². The van der Waals surface area contributed by atoms with Crippen LogP contribution in [0.15, 0.2) is 84.9 Å². The van der Waals surface area contributed by atoms with Gasteiger partial charge in [0.2, 0.25) is 5.91 Å². The summed E-state index contributed by atoms with van der Waals surface area (Å²) in [5, 5.41) is 14.2. The predicted octanol–water partition coefficient (Wildman–Crippen LogP) is 3.57. The highest BCUT2D eigenvalue weighted by molar-refractivity contribution is 5.75. The number of carbonyl (C=O) groups is 1. The molecule has 3 nitrogen and oxygen atoms in total. The van der Waals surface area contributed by atoms with Gasteiger partial charge in [-0.05, 0) is 22.3 Å². The molecule has 130 valence electrons. The normalized spacial score (nSPS) is 20.4. The van der Waals surface area contributed by atoms with E-state index in [1.807, 2.05) is 54.6 Å². The maximum absolute atomic E-state index is 12.0. The molecule has 0 heterocycles. The molecule has 0 radical (unpaired) electrons. The molecule has 0 spiro atoms. The van der Waals surface area contributed by atoms with E-state index < -0.39 is 17.6 Å². The minimum absolute atomic E-state index is 0.155. The molecule has 0 aliphatic heterocycles. The molecule has 1 amide bonds. The fourth-order valence-corrected chi connectivity index (χ4v) is 4.34. The third-order valence-electron chi connectivity index (χ3n) is 5.30. The molecule has 0 bridgehead atoms. The van der Waals surface area contributed by atoms with Crippen LogP contribution in [0, 0.1) is 0 Å². The first-order valence-corrected chi connectivity index (χ1v) is 8.81. The molecule has 3 aromatic rings. The zero-order valence-corrected chi connectivity index (χ0v) is 14.6. The average Bonchev–Trinajstić information content (AvgIpc) is 2.92. The maximum Gasteiger partial charge on any atom is 0.217 e. The molecule has 2 atom stereocenters. The van der Waals surface area contributed by atoms with Crippen LogP contribution in [0.4, 0.5) is 0 Å². The third-order valence-corrected chi connectivity index (χ3v) is 5.30. The topological polar surface area (TPSA) is 49.3 Å². The van der Waals surface area contributed by atoms with E-state index in [0.29, 0.717) is 0 Å². The van der Waals surface area contributed by atoms with Crippen LogP contribution in [-0.2, 0) is 10.2 Å². The zero-order chi connectivity index (χ0) is 18.1. The quantitative estimate of drug-likeness (QED) is 0.764. The van der Waals surface area contributed by atoms with E-state index in [9.17, 15) is 9.90 Å². The van der Waals surface area contributed by atoms with Crippen molar-refractivity contribution < 1.29 is 9.90 Å². The minimum atomic E-state index is -0.782. The smallest absolute Gasteiger partial charge is 0.217 e. The van der Waals surface area contributed by atoms with Gasteiger partial charge in [0, 0.05) is 6.92 Å². The van der Waals surface area contributed by atoms with Crippen LogP contribution in [0.5, 0.6) is 0 Å². The van der Waals surface area contributed by atoms with E-state index in [1.54, 1.807) is 0 Å². The first kappa shape index (κ1) is 16.6. The summed E-state index contributed by atoms with van der Waals surface area (Å²) in [6, 6.07) is 27.7. The summed E-state index contributed by atoms with van der Waals surface area (Å²) in [6.45, 7) is 1.50. The zero-order valence-electron chi connectivity index (χ0n) is 14.6. The lowest BCUT2D eigenvalue weighted by Gasteiger charge is -2.39. The van der Waals surface area contributed by atoms with Crippen LogP contribution in [-0.4, -0.2) is 17.1 Å². The largest absolute Gasteiger partial charge is 0.386 e. The van der Waals surface area contributed by atoms with Crippen molar-refractivity contribution in [2.24, 2.45) is 0 Å². The second-order valence-electron chi connectivity index (χ2n) is 6.75. The standard InChI is InChI=1S/C23H21NO2/c1-16(25)24-22-21(26)19-14-8-9-15-20(19)23(22,17-10-4-2-5-11-17)18-12-6-3-7-13-18/h2-15,21-22,26H,1H3,(H,24,25). The van der Waals surface area contributed by atoms with Gasteiger partial charge < -0.3 is 10.4 Å².